The molecular weight excluding hydrogens is 217 g/mol. The van der Waals surface area contributed by atoms with Gasteiger partial charge in [0, 0.05) is 18.6 Å². The van der Waals surface area contributed by atoms with Gasteiger partial charge in [0.25, 0.3) is 0 Å². The Balaban J connectivity index is 2.52. The molecule has 2 nitrogen and oxygen atoms in total. The van der Waals surface area contributed by atoms with E-state index in [-0.39, 0.29) is 12.1 Å². The zero-order chi connectivity index (χ0) is 12.2. The Morgan fingerprint density at radius 2 is 1.94 bits per heavy atom. The topological polar surface area (TPSA) is 15.3 Å². The molecule has 0 spiro atoms. The van der Waals surface area contributed by atoms with E-state index in [1.165, 1.54) is 0 Å². The van der Waals surface area contributed by atoms with Crippen LogP contribution < -0.4 is 5.32 Å². The minimum absolute atomic E-state index is 0.00840. The van der Waals surface area contributed by atoms with Gasteiger partial charge in [0.15, 0.2) is 0 Å². The first kappa shape index (κ1) is 13.8. The number of hydrogen-bond donors (Lipinski definition) is 1. The Kier molecular flexibility index (Phi) is 5.05. The summed E-state index contributed by atoms with van der Waals surface area (Å²) in [5.41, 5.74) is 0. The lowest BCUT2D eigenvalue weighted by Gasteiger charge is -2.32. The molecule has 0 aliphatic heterocycles. The van der Waals surface area contributed by atoms with Gasteiger partial charge < -0.3 is 5.32 Å². The molecule has 5 heteroatoms. The van der Waals surface area contributed by atoms with Crippen LogP contribution in [0.1, 0.15) is 33.1 Å². The van der Waals surface area contributed by atoms with Gasteiger partial charge in [0.2, 0.25) is 0 Å². The van der Waals surface area contributed by atoms with Gasteiger partial charge in [-0.3, -0.25) is 4.90 Å². The fourth-order valence-electron chi connectivity index (χ4n) is 1.98. The van der Waals surface area contributed by atoms with Crippen LogP contribution >= 0.6 is 0 Å². The van der Waals surface area contributed by atoms with Crippen LogP contribution in [-0.4, -0.2) is 42.8 Å². The summed E-state index contributed by atoms with van der Waals surface area (Å²) < 4.78 is 37.4. The third kappa shape index (κ3) is 4.70. The van der Waals surface area contributed by atoms with Crippen LogP contribution in [0.4, 0.5) is 13.2 Å². The smallest absolute Gasteiger partial charge is 0.315 e. The van der Waals surface area contributed by atoms with Gasteiger partial charge in [-0.1, -0.05) is 13.8 Å². The van der Waals surface area contributed by atoms with Crippen LogP contribution in [-0.2, 0) is 0 Å². The Bertz CT molecular complexity index is 202. The fraction of sp³-hybridized carbons (Fsp3) is 1.00. The SMILES string of the molecule is CCNCC(CC)N(CC(F)(F)F)C1CC1. The summed E-state index contributed by atoms with van der Waals surface area (Å²) in [4.78, 5) is 1.63. The summed E-state index contributed by atoms with van der Waals surface area (Å²) in [6, 6.07) is 0.166. The normalized spacial score (nSPS) is 19.1. The van der Waals surface area contributed by atoms with Crippen molar-refractivity contribution in [3.8, 4) is 0 Å². The minimum atomic E-state index is -4.08. The van der Waals surface area contributed by atoms with E-state index >= 15 is 0 Å². The largest absolute Gasteiger partial charge is 0.401 e. The predicted octanol–water partition coefficient (Wildman–Crippen LogP) is 2.40. The van der Waals surface area contributed by atoms with Crippen LogP contribution in [0.3, 0.4) is 0 Å². The second-order valence-corrected chi connectivity index (χ2v) is 4.39. The number of nitrogens with one attached hydrogen (secondary N) is 1. The standard InChI is InChI=1S/C11H21F3N2/c1-3-9(7-15-4-2)16(10-5-6-10)8-11(12,13)14/h9-10,15H,3-8H2,1-2H3. The van der Waals surface area contributed by atoms with Crippen molar-refractivity contribution in [2.75, 3.05) is 19.6 Å². The maximum atomic E-state index is 12.5. The second-order valence-electron chi connectivity index (χ2n) is 4.39. The van der Waals surface area contributed by atoms with Gasteiger partial charge in [0.1, 0.15) is 0 Å². The highest BCUT2D eigenvalue weighted by molar-refractivity contribution is 4.90. The molecular formula is C11H21F3N2. The average molecular weight is 238 g/mol. The van der Waals surface area contributed by atoms with Gasteiger partial charge >= 0.3 is 6.18 Å². The number of rotatable bonds is 7. The number of nitrogens with zero attached hydrogens (tertiary/aromatic N) is 1. The molecule has 1 N–H and O–H groups in total. The average Bonchev–Trinajstić information content (AvgIpc) is 2.98. The van der Waals surface area contributed by atoms with Gasteiger partial charge in [-0.15, -0.1) is 0 Å². The Labute approximate surface area is 95.2 Å². The zero-order valence-corrected chi connectivity index (χ0v) is 9.98. The molecule has 1 fully saturated rings. The van der Waals surface area contributed by atoms with Gasteiger partial charge in [0.05, 0.1) is 6.54 Å². The van der Waals surface area contributed by atoms with E-state index in [1.807, 2.05) is 13.8 Å². The molecule has 1 unspecified atom stereocenters. The number of hydrogen-bond acceptors (Lipinski definition) is 2. The van der Waals surface area contributed by atoms with Crippen molar-refractivity contribution in [1.29, 1.82) is 0 Å². The molecule has 0 radical (unpaired) electrons. The van der Waals surface area contributed by atoms with Crippen LogP contribution in [0.2, 0.25) is 0 Å². The first-order valence-electron chi connectivity index (χ1n) is 6.01. The molecule has 0 saturated heterocycles. The summed E-state index contributed by atoms with van der Waals surface area (Å²) in [5, 5.41) is 3.14. The maximum absolute atomic E-state index is 12.5. The molecule has 1 rings (SSSR count). The van der Waals surface area contributed by atoms with Crippen molar-refractivity contribution < 1.29 is 13.2 Å². The highest BCUT2D eigenvalue weighted by Crippen LogP contribution is 2.32. The van der Waals surface area contributed by atoms with Crippen LogP contribution in [0.15, 0.2) is 0 Å². The Morgan fingerprint density at radius 1 is 1.31 bits per heavy atom. The number of alkyl halides is 3. The van der Waals surface area contributed by atoms with Gasteiger partial charge in [-0.25, -0.2) is 0 Å². The zero-order valence-electron chi connectivity index (χ0n) is 9.98. The lowest BCUT2D eigenvalue weighted by atomic mass is 10.1. The molecule has 0 aromatic carbocycles. The highest BCUT2D eigenvalue weighted by Gasteiger charge is 2.40. The van der Waals surface area contributed by atoms with E-state index in [2.05, 4.69) is 5.32 Å². The van der Waals surface area contributed by atoms with Crippen LogP contribution in [0.25, 0.3) is 0 Å². The van der Waals surface area contributed by atoms with E-state index in [4.69, 9.17) is 0 Å². The third-order valence-electron chi connectivity index (χ3n) is 2.95. The maximum Gasteiger partial charge on any atom is 0.401 e. The first-order chi connectivity index (χ1) is 7.48. The number of halogens is 3. The lowest BCUT2D eigenvalue weighted by molar-refractivity contribution is -0.152. The Hall–Kier alpha value is -0.290. The molecule has 16 heavy (non-hydrogen) atoms. The van der Waals surface area contributed by atoms with Crippen molar-refractivity contribution in [3.63, 3.8) is 0 Å². The van der Waals surface area contributed by atoms with Crippen molar-refractivity contribution in [3.05, 3.63) is 0 Å². The third-order valence-corrected chi connectivity index (χ3v) is 2.95. The molecule has 1 aliphatic carbocycles. The van der Waals surface area contributed by atoms with E-state index in [0.29, 0.717) is 6.54 Å². The second kappa shape index (κ2) is 5.87. The first-order valence-corrected chi connectivity index (χ1v) is 6.01. The van der Waals surface area contributed by atoms with Gasteiger partial charge in [-0.05, 0) is 25.8 Å². The molecule has 0 amide bonds. The van der Waals surface area contributed by atoms with Crippen molar-refractivity contribution in [1.82, 2.24) is 10.2 Å². The summed E-state index contributed by atoms with van der Waals surface area (Å²) in [7, 11) is 0. The lowest BCUT2D eigenvalue weighted by Crippen LogP contribution is -2.47. The van der Waals surface area contributed by atoms with E-state index in [0.717, 1.165) is 25.8 Å². The molecule has 0 aromatic rings. The molecule has 96 valence electrons. The molecule has 0 heterocycles. The molecule has 0 aromatic heterocycles. The fourth-order valence-corrected chi connectivity index (χ4v) is 1.98. The van der Waals surface area contributed by atoms with E-state index in [1.54, 1.807) is 4.90 Å². The quantitative estimate of drug-likeness (QED) is 0.732. The highest BCUT2D eigenvalue weighted by atomic mass is 19.4. The summed E-state index contributed by atoms with van der Waals surface area (Å²) in [6.45, 7) is 4.62. The van der Waals surface area contributed by atoms with Gasteiger partial charge in [-0.2, -0.15) is 13.2 Å². The van der Waals surface area contributed by atoms with E-state index in [9.17, 15) is 13.2 Å². The monoisotopic (exact) mass is 238 g/mol. The predicted molar refractivity (Wildman–Crippen MR) is 58.4 cm³/mol. The molecule has 1 aliphatic rings. The van der Waals surface area contributed by atoms with E-state index < -0.39 is 12.7 Å². The molecule has 1 atom stereocenters. The molecule has 0 bridgehead atoms. The number of likely N-dealkylation sites (N-methyl/N-ethyl adjacent to an activating group) is 1. The minimum Gasteiger partial charge on any atom is -0.315 e. The van der Waals surface area contributed by atoms with Crippen LogP contribution in [0, 0.1) is 0 Å². The van der Waals surface area contributed by atoms with Crippen molar-refractivity contribution in [2.45, 2.75) is 51.4 Å². The Morgan fingerprint density at radius 3 is 2.31 bits per heavy atom. The van der Waals surface area contributed by atoms with Crippen molar-refractivity contribution >= 4 is 0 Å². The van der Waals surface area contributed by atoms with Crippen molar-refractivity contribution in [2.24, 2.45) is 0 Å². The molecule has 1 saturated carbocycles. The van der Waals surface area contributed by atoms with Crippen LogP contribution in [0.5, 0.6) is 0 Å². The summed E-state index contributed by atoms with van der Waals surface area (Å²) in [6.07, 6.45) is -1.49. The summed E-state index contributed by atoms with van der Waals surface area (Å²) >= 11 is 0. The summed E-state index contributed by atoms with van der Waals surface area (Å²) in [5.74, 6) is 0.